The van der Waals surface area contributed by atoms with Gasteiger partial charge in [0.25, 0.3) is 0 Å². The predicted molar refractivity (Wildman–Crippen MR) is 58.5 cm³/mol. The molecular formula is C12H14O3. The molecule has 0 saturated heterocycles. The molecule has 1 aromatic rings. The van der Waals surface area contributed by atoms with E-state index in [0.717, 1.165) is 5.56 Å². The summed E-state index contributed by atoms with van der Waals surface area (Å²) in [4.78, 5) is 10.8. The third-order valence-electron chi connectivity index (χ3n) is 2.00. The highest BCUT2D eigenvalue weighted by Crippen LogP contribution is 2.19. The number of esters is 1. The molecule has 0 radical (unpaired) electrons. The third kappa shape index (κ3) is 3.46. The first-order chi connectivity index (χ1) is 7.13. The van der Waals surface area contributed by atoms with Gasteiger partial charge in [-0.15, -0.1) is 0 Å². The second-order valence-electron chi connectivity index (χ2n) is 3.24. The van der Waals surface area contributed by atoms with Crippen molar-refractivity contribution in [2.45, 2.75) is 13.3 Å². The monoisotopic (exact) mass is 206 g/mol. The lowest BCUT2D eigenvalue weighted by atomic mass is 10.1. The Morgan fingerprint density at radius 1 is 1.53 bits per heavy atom. The normalized spacial score (nSPS) is 10.5. The van der Waals surface area contributed by atoms with Gasteiger partial charge in [-0.1, -0.05) is 24.3 Å². The van der Waals surface area contributed by atoms with E-state index in [9.17, 15) is 9.90 Å². The molecule has 15 heavy (non-hydrogen) atoms. The second-order valence-corrected chi connectivity index (χ2v) is 3.24. The fourth-order valence-electron chi connectivity index (χ4n) is 1.16. The molecule has 0 aromatic heterocycles. The van der Waals surface area contributed by atoms with E-state index in [0.29, 0.717) is 5.56 Å². The number of hydrogen-bond donors (Lipinski definition) is 1. The van der Waals surface area contributed by atoms with E-state index in [-0.39, 0.29) is 18.1 Å². The number of aryl methyl sites for hydroxylation is 1. The average Bonchev–Trinajstić information content (AvgIpc) is 2.21. The summed E-state index contributed by atoms with van der Waals surface area (Å²) >= 11 is 0. The summed E-state index contributed by atoms with van der Waals surface area (Å²) < 4.78 is 4.48. The lowest BCUT2D eigenvalue weighted by Crippen LogP contribution is -1.96. The highest BCUT2D eigenvalue weighted by atomic mass is 16.5. The number of hydrogen-bond acceptors (Lipinski definition) is 3. The van der Waals surface area contributed by atoms with Gasteiger partial charge in [0.2, 0.25) is 0 Å². The average molecular weight is 206 g/mol. The lowest BCUT2D eigenvalue weighted by molar-refractivity contribution is -0.139. The largest absolute Gasteiger partial charge is 0.507 e. The van der Waals surface area contributed by atoms with Crippen LogP contribution in [0.25, 0.3) is 6.08 Å². The molecule has 0 saturated carbocycles. The van der Waals surface area contributed by atoms with Gasteiger partial charge < -0.3 is 9.84 Å². The first-order valence-electron chi connectivity index (χ1n) is 4.66. The highest BCUT2D eigenvalue weighted by Gasteiger charge is 1.98. The number of carbonyl (C=O) groups excluding carboxylic acids is 1. The smallest absolute Gasteiger partial charge is 0.309 e. The highest BCUT2D eigenvalue weighted by molar-refractivity contribution is 5.72. The first-order valence-corrected chi connectivity index (χ1v) is 4.66. The van der Waals surface area contributed by atoms with Crippen LogP contribution in [0.1, 0.15) is 17.5 Å². The van der Waals surface area contributed by atoms with Crippen LogP contribution in [0.3, 0.4) is 0 Å². The van der Waals surface area contributed by atoms with Crippen molar-refractivity contribution in [2.24, 2.45) is 0 Å². The topological polar surface area (TPSA) is 46.5 Å². The van der Waals surface area contributed by atoms with Gasteiger partial charge >= 0.3 is 5.97 Å². The third-order valence-corrected chi connectivity index (χ3v) is 2.00. The number of benzene rings is 1. The van der Waals surface area contributed by atoms with Crippen molar-refractivity contribution in [3.8, 4) is 5.75 Å². The van der Waals surface area contributed by atoms with Crippen molar-refractivity contribution in [2.75, 3.05) is 7.11 Å². The summed E-state index contributed by atoms with van der Waals surface area (Å²) in [5, 5.41) is 9.55. The fraction of sp³-hybridized carbons (Fsp3) is 0.250. The van der Waals surface area contributed by atoms with Gasteiger partial charge in [0.05, 0.1) is 13.5 Å². The predicted octanol–water partition coefficient (Wildman–Crippen LogP) is 2.28. The molecule has 0 bridgehead atoms. The summed E-state index contributed by atoms with van der Waals surface area (Å²) in [7, 11) is 1.35. The molecule has 1 rings (SSSR count). The Bertz CT molecular complexity index is 380. The Kier molecular flexibility index (Phi) is 3.92. The summed E-state index contributed by atoms with van der Waals surface area (Å²) in [5.74, 6) is -0.0750. The molecule has 0 fully saturated rings. The van der Waals surface area contributed by atoms with Crippen LogP contribution in [-0.4, -0.2) is 18.2 Å². The molecule has 0 heterocycles. The van der Waals surface area contributed by atoms with Crippen molar-refractivity contribution in [1.82, 2.24) is 0 Å². The summed E-state index contributed by atoms with van der Waals surface area (Å²) in [5.41, 5.74) is 1.70. The van der Waals surface area contributed by atoms with E-state index in [2.05, 4.69) is 4.74 Å². The number of phenolic OH excluding ortho intramolecular Hbond substituents is 1. The van der Waals surface area contributed by atoms with Crippen molar-refractivity contribution < 1.29 is 14.6 Å². The van der Waals surface area contributed by atoms with Crippen molar-refractivity contribution in [1.29, 1.82) is 0 Å². The van der Waals surface area contributed by atoms with Gasteiger partial charge in [-0.3, -0.25) is 4.79 Å². The molecule has 0 amide bonds. The van der Waals surface area contributed by atoms with E-state index < -0.39 is 0 Å². The minimum atomic E-state index is -0.294. The number of phenols is 1. The molecule has 0 unspecified atom stereocenters. The molecule has 3 heteroatoms. The summed E-state index contributed by atoms with van der Waals surface area (Å²) in [6.07, 6.45) is 3.58. The van der Waals surface area contributed by atoms with Crippen LogP contribution < -0.4 is 0 Å². The van der Waals surface area contributed by atoms with Gasteiger partial charge in [-0.2, -0.15) is 0 Å². The van der Waals surface area contributed by atoms with Crippen LogP contribution in [0.5, 0.6) is 5.75 Å². The fourth-order valence-corrected chi connectivity index (χ4v) is 1.16. The van der Waals surface area contributed by atoms with Gasteiger partial charge in [0.15, 0.2) is 0 Å². The van der Waals surface area contributed by atoms with Crippen molar-refractivity contribution in [3.63, 3.8) is 0 Å². The minimum Gasteiger partial charge on any atom is -0.507 e. The Morgan fingerprint density at radius 3 is 2.87 bits per heavy atom. The van der Waals surface area contributed by atoms with Gasteiger partial charge in [0.1, 0.15) is 5.75 Å². The maximum absolute atomic E-state index is 10.8. The van der Waals surface area contributed by atoms with Crippen LogP contribution in [-0.2, 0) is 9.53 Å². The van der Waals surface area contributed by atoms with Crippen LogP contribution in [0, 0.1) is 6.92 Å². The number of ether oxygens (including phenoxy) is 1. The molecule has 0 aliphatic carbocycles. The zero-order valence-corrected chi connectivity index (χ0v) is 8.86. The molecule has 0 atom stereocenters. The SMILES string of the molecule is COC(=O)CC=Cc1ccc(C)cc1O. The molecule has 3 nitrogen and oxygen atoms in total. The molecule has 0 spiro atoms. The Hall–Kier alpha value is -1.77. The van der Waals surface area contributed by atoms with Gasteiger partial charge in [-0.25, -0.2) is 0 Å². The Balaban J connectivity index is 2.68. The first kappa shape index (κ1) is 11.3. The Labute approximate surface area is 89.0 Å². The van der Waals surface area contributed by atoms with Crippen LogP contribution in [0.15, 0.2) is 24.3 Å². The van der Waals surface area contributed by atoms with Crippen LogP contribution in [0.2, 0.25) is 0 Å². The second kappa shape index (κ2) is 5.20. The van der Waals surface area contributed by atoms with Crippen LogP contribution in [0.4, 0.5) is 0 Å². The molecule has 1 N–H and O–H groups in total. The number of aromatic hydroxyl groups is 1. The van der Waals surface area contributed by atoms with E-state index in [1.54, 1.807) is 24.3 Å². The molecule has 0 aliphatic rings. The van der Waals surface area contributed by atoms with E-state index in [4.69, 9.17) is 0 Å². The summed E-state index contributed by atoms with van der Waals surface area (Å²) in [6.45, 7) is 1.90. The van der Waals surface area contributed by atoms with E-state index in [1.165, 1.54) is 7.11 Å². The molecule has 80 valence electrons. The Morgan fingerprint density at radius 2 is 2.27 bits per heavy atom. The van der Waals surface area contributed by atoms with Crippen molar-refractivity contribution in [3.05, 3.63) is 35.4 Å². The minimum absolute atomic E-state index is 0.212. The van der Waals surface area contributed by atoms with Crippen molar-refractivity contribution >= 4 is 12.0 Å². The lowest BCUT2D eigenvalue weighted by Gasteiger charge is -1.99. The van der Waals surface area contributed by atoms with Gasteiger partial charge in [-0.05, 0) is 18.6 Å². The van der Waals surface area contributed by atoms with Crippen LogP contribution >= 0.6 is 0 Å². The molecule has 1 aromatic carbocycles. The summed E-state index contributed by atoms with van der Waals surface area (Å²) in [6, 6.07) is 5.38. The number of methoxy groups -OCH3 is 1. The van der Waals surface area contributed by atoms with Gasteiger partial charge in [0, 0.05) is 5.56 Å². The molecular weight excluding hydrogens is 192 g/mol. The quantitative estimate of drug-likeness (QED) is 0.772. The zero-order valence-electron chi connectivity index (χ0n) is 8.86. The maximum Gasteiger partial charge on any atom is 0.309 e. The number of rotatable bonds is 3. The zero-order chi connectivity index (χ0) is 11.3. The molecule has 0 aliphatic heterocycles. The maximum atomic E-state index is 10.8. The standard InChI is InChI=1S/C12H14O3/c1-9-6-7-10(11(13)8-9)4-3-5-12(14)15-2/h3-4,6-8,13H,5H2,1-2H3. The van der Waals surface area contributed by atoms with E-state index >= 15 is 0 Å². The number of carbonyl (C=O) groups is 1. The van der Waals surface area contributed by atoms with E-state index in [1.807, 2.05) is 13.0 Å².